The summed E-state index contributed by atoms with van der Waals surface area (Å²) < 4.78 is 5.88. The number of nitrogens with one attached hydrogen (secondary N) is 1. The van der Waals surface area contributed by atoms with Crippen LogP contribution in [0.15, 0.2) is 40.9 Å². The van der Waals surface area contributed by atoms with Crippen LogP contribution in [0.4, 0.5) is 5.69 Å². The Balaban J connectivity index is 2.48. The fraction of sp³-hybridized carbons (Fsp3) is 0.333. The van der Waals surface area contributed by atoms with E-state index in [2.05, 4.69) is 21.2 Å². The zero-order valence-electron chi connectivity index (χ0n) is 11.6. The number of carbonyl (C=O) groups excluding carboxylic acids is 2. The van der Waals surface area contributed by atoms with Crippen molar-refractivity contribution in [1.29, 1.82) is 0 Å². The van der Waals surface area contributed by atoms with Crippen molar-refractivity contribution in [2.45, 2.75) is 32.8 Å². The molecule has 1 aromatic carbocycles. The van der Waals surface area contributed by atoms with Crippen LogP contribution in [-0.2, 0) is 14.3 Å². The van der Waals surface area contributed by atoms with E-state index in [1.54, 1.807) is 6.07 Å². The molecule has 1 rings (SSSR count). The zero-order chi connectivity index (χ0) is 15.0. The Morgan fingerprint density at radius 2 is 2.05 bits per heavy atom. The predicted octanol–water partition coefficient (Wildman–Crippen LogP) is 3.68. The summed E-state index contributed by atoms with van der Waals surface area (Å²) in [7, 11) is 0. The Bertz CT molecular complexity index is 500. The van der Waals surface area contributed by atoms with E-state index in [-0.39, 0.29) is 12.0 Å². The SMILES string of the molecule is CCCC(C)OC(=O)/C=C/C(=O)Nc1ccccc1Br. The molecule has 0 spiro atoms. The number of amides is 1. The summed E-state index contributed by atoms with van der Waals surface area (Å²) in [6.07, 6.45) is 3.92. The first-order valence-corrected chi connectivity index (χ1v) is 7.26. The van der Waals surface area contributed by atoms with Crippen LogP contribution in [-0.4, -0.2) is 18.0 Å². The van der Waals surface area contributed by atoms with E-state index in [1.807, 2.05) is 32.0 Å². The van der Waals surface area contributed by atoms with Crippen LogP contribution in [0.3, 0.4) is 0 Å². The number of rotatable bonds is 6. The highest BCUT2D eigenvalue weighted by Crippen LogP contribution is 2.20. The smallest absolute Gasteiger partial charge is 0.331 e. The summed E-state index contributed by atoms with van der Waals surface area (Å²) in [6, 6.07) is 7.24. The van der Waals surface area contributed by atoms with E-state index in [0.717, 1.165) is 23.4 Å². The molecule has 0 saturated carbocycles. The molecule has 4 nitrogen and oxygen atoms in total. The summed E-state index contributed by atoms with van der Waals surface area (Å²) in [4.78, 5) is 23.1. The Hall–Kier alpha value is -1.62. The van der Waals surface area contributed by atoms with Crippen LogP contribution in [0.25, 0.3) is 0 Å². The molecular weight excluding hydrogens is 322 g/mol. The van der Waals surface area contributed by atoms with Crippen LogP contribution in [0.5, 0.6) is 0 Å². The number of benzene rings is 1. The van der Waals surface area contributed by atoms with Crippen molar-refractivity contribution < 1.29 is 14.3 Å². The normalized spacial score (nSPS) is 12.2. The molecule has 0 bridgehead atoms. The van der Waals surface area contributed by atoms with Gasteiger partial charge in [0, 0.05) is 16.6 Å². The minimum Gasteiger partial charge on any atom is -0.460 e. The average Bonchev–Trinajstić information content (AvgIpc) is 2.39. The molecule has 0 fully saturated rings. The summed E-state index contributed by atoms with van der Waals surface area (Å²) in [5.74, 6) is -0.884. The van der Waals surface area contributed by atoms with Crippen LogP contribution < -0.4 is 5.32 Å². The van der Waals surface area contributed by atoms with Crippen LogP contribution in [0, 0.1) is 0 Å². The second-order valence-electron chi connectivity index (χ2n) is 4.34. The molecule has 0 radical (unpaired) electrons. The second-order valence-corrected chi connectivity index (χ2v) is 5.19. The Labute approximate surface area is 127 Å². The molecule has 1 N–H and O–H groups in total. The lowest BCUT2D eigenvalue weighted by molar-refractivity contribution is -0.142. The number of carbonyl (C=O) groups is 2. The van der Waals surface area contributed by atoms with Gasteiger partial charge in [0.1, 0.15) is 0 Å². The summed E-state index contributed by atoms with van der Waals surface area (Å²) >= 11 is 3.32. The van der Waals surface area contributed by atoms with Crippen molar-refractivity contribution >= 4 is 33.5 Å². The third-order valence-corrected chi connectivity index (χ3v) is 3.21. The van der Waals surface area contributed by atoms with Crippen molar-refractivity contribution in [2.75, 3.05) is 5.32 Å². The lowest BCUT2D eigenvalue weighted by Gasteiger charge is -2.09. The Morgan fingerprint density at radius 3 is 2.70 bits per heavy atom. The molecule has 0 saturated heterocycles. The highest BCUT2D eigenvalue weighted by atomic mass is 79.9. The molecule has 0 heterocycles. The third-order valence-electron chi connectivity index (χ3n) is 2.52. The van der Waals surface area contributed by atoms with Crippen molar-refractivity contribution in [1.82, 2.24) is 0 Å². The van der Waals surface area contributed by atoms with Gasteiger partial charge in [0.25, 0.3) is 0 Å². The highest BCUT2D eigenvalue weighted by Gasteiger charge is 2.06. The number of halogens is 1. The zero-order valence-corrected chi connectivity index (χ0v) is 13.1. The molecule has 0 aliphatic carbocycles. The highest BCUT2D eigenvalue weighted by molar-refractivity contribution is 9.10. The van der Waals surface area contributed by atoms with E-state index in [9.17, 15) is 9.59 Å². The molecule has 0 aromatic heterocycles. The molecule has 1 amide bonds. The molecule has 5 heteroatoms. The van der Waals surface area contributed by atoms with E-state index >= 15 is 0 Å². The van der Waals surface area contributed by atoms with Gasteiger partial charge in [-0.15, -0.1) is 0 Å². The fourth-order valence-electron chi connectivity index (χ4n) is 1.58. The Kier molecular flexibility index (Phi) is 7.01. The molecule has 1 aromatic rings. The number of ether oxygens (including phenoxy) is 1. The molecule has 20 heavy (non-hydrogen) atoms. The maximum Gasteiger partial charge on any atom is 0.331 e. The number of para-hydroxylation sites is 1. The van der Waals surface area contributed by atoms with Gasteiger partial charge >= 0.3 is 5.97 Å². The number of hydrogen-bond donors (Lipinski definition) is 1. The number of esters is 1. The van der Waals surface area contributed by atoms with Crippen molar-refractivity contribution in [3.05, 3.63) is 40.9 Å². The van der Waals surface area contributed by atoms with Crippen LogP contribution in [0.1, 0.15) is 26.7 Å². The average molecular weight is 340 g/mol. The molecule has 0 aliphatic rings. The lowest BCUT2D eigenvalue weighted by Crippen LogP contribution is -2.14. The largest absolute Gasteiger partial charge is 0.460 e. The van der Waals surface area contributed by atoms with Crippen molar-refractivity contribution in [3.63, 3.8) is 0 Å². The van der Waals surface area contributed by atoms with Crippen molar-refractivity contribution in [3.8, 4) is 0 Å². The number of anilines is 1. The van der Waals surface area contributed by atoms with Gasteiger partial charge in [-0.1, -0.05) is 25.5 Å². The summed E-state index contributed by atoms with van der Waals surface area (Å²) in [5, 5.41) is 2.66. The Morgan fingerprint density at radius 1 is 1.35 bits per heavy atom. The summed E-state index contributed by atoms with van der Waals surface area (Å²) in [5.41, 5.74) is 0.648. The topological polar surface area (TPSA) is 55.4 Å². The van der Waals surface area contributed by atoms with Gasteiger partial charge in [-0.25, -0.2) is 4.79 Å². The first-order valence-electron chi connectivity index (χ1n) is 6.47. The van der Waals surface area contributed by atoms with E-state index < -0.39 is 5.97 Å². The molecule has 1 atom stereocenters. The molecule has 0 aliphatic heterocycles. The standard InChI is InChI=1S/C15H18BrNO3/c1-3-6-11(2)20-15(19)10-9-14(18)17-13-8-5-4-7-12(13)16/h4-5,7-11H,3,6H2,1-2H3,(H,17,18)/b10-9+. The summed E-state index contributed by atoms with van der Waals surface area (Å²) in [6.45, 7) is 3.85. The van der Waals surface area contributed by atoms with E-state index in [1.165, 1.54) is 6.08 Å². The lowest BCUT2D eigenvalue weighted by atomic mass is 10.2. The third kappa shape index (κ3) is 6.02. The predicted molar refractivity (Wildman–Crippen MR) is 82.4 cm³/mol. The number of hydrogen-bond acceptors (Lipinski definition) is 3. The minimum absolute atomic E-state index is 0.136. The molecule has 108 valence electrons. The van der Waals surface area contributed by atoms with Gasteiger partial charge < -0.3 is 10.1 Å². The van der Waals surface area contributed by atoms with Gasteiger partial charge in [0.05, 0.1) is 11.8 Å². The fourth-order valence-corrected chi connectivity index (χ4v) is 1.97. The quantitative estimate of drug-likeness (QED) is 0.635. The maximum absolute atomic E-state index is 11.7. The van der Waals surface area contributed by atoms with E-state index in [0.29, 0.717) is 5.69 Å². The van der Waals surface area contributed by atoms with Gasteiger partial charge in [0.2, 0.25) is 5.91 Å². The first-order chi connectivity index (χ1) is 9.52. The van der Waals surface area contributed by atoms with Crippen molar-refractivity contribution in [2.24, 2.45) is 0 Å². The first kappa shape index (κ1) is 16.4. The van der Waals surface area contributed by atoms with Gasteiger partial charge in [-0.05, 0) is 41.4 Å². The van der Waals surface area contributed by atoms with Gasteiger partial charge in [0.15, 0.2) is 0 Å². The molecule has 1 unspecified atom stereocenters. The molecular formula is C15H18BrNO3. The second kappa shape index (κ2) is 8.53. The van der Waals surface area contributed by atoms with Crippen LogP contribution >= 0.6 is 15.9 Å². The monoisotopic (exact) mass is 339 g/mol. The van der Waals surface area contributed by atoms with E-state index in [4.69, 9.17) is 4.74 Å². The maximum atomic E-state index is 11.7. The van der Waals surface area contributed by atoms with Gasteiger partial charge in [-0.2, -0.15) is 0 Å². The van der Waals surface area contributed by atoms with Gasteiger partial charge in [-0.3, -0.25) is 4.79 Å². The minimum atomic E-state index is -0.506. The van der Waals surface area contributed by atoms with Crippen LogP contribution in [0.2, 0.25) is 0 Å².